The van der Waals surface area contributed by atoms with Gasteiger partial charge in [-0.15, -0.1) is 0 Å². The molecule has 0 radical (unpaired) electrons. The van der Waals surface area contributed by atoms with Gasteiger partial charge in [-0.2, -0.15) is 0 Å². The molecule has 2 nitrogen and oxygen atoms in total. The van der Waals surface area contributed by atoms with Crippen molar-refractivity contribution in [2.75, 3.05) is 13.1 Å². The number of nitrogens with two attached hydrogens (primary N) is 1. The van der Waals surface area contributed by atoms with Crippen LogP contribution in [0.3, 0.4) is 0 Å². The van der Waals surface area contributed by atoms with E-state index in [1.165, 1.54) is 25.7 Å². The molecule has 0 aliphatic heterocycles. The molecule has 1 atom stereocenters. The van der Waals surface area contributed by atoms with Gasteiger partial charge in [0.1, 0.15) is 0 Å². The van der Waals surface area contributed by atoms with Gasteiger partial charge in [0.05, 0.1) is 0 Å². The second-order valence-corrected chi connectivity index (χ2v) is 4.95. The van der Waals surface area contributed by atoms with Gasteiger partial charge in [-0.05, 0) is 31.2 Å². The summed E-state index contributed by atoms with van der Waals surface area (Å²) < 4.78 is 0. The van der Waals surface area contributed by atoms with Gasteiger partial charge in [0, 0.05) is 12.1 Å². The van der Waals surface area contributed by atoms with Crippen molar-refractivity contribution in [1.82, 2.24) is 5.32 Å². The largest absolute Gasteiger partial charge is 0.329 e. The third-order valence-corrected chi connectivity index (χ3v) is 3.76. The van der Waals surface area contributed by atoms with Gasteiger partial charge in [-0.3, -0.25) is 0 Å². The molecular formula is C11H24N2. The molecule has 1 fully saturated rings. The molecule has 1 aliphatic rings. The van der Waals surface area contributed by atoms with Crippen LogP contribution in [-0.2, 0) is 0 Å². The normalized spacial score (nSPS) is 32.3. The maximum Gasteiger partial charge on any atom is 0.0355 e. The minimum Gasteiger partial charge on any atom is -0.329 e. The predicted octanol–water partition coefficient (Wildman–Crippen LogP) is 1.89. The van der Waals surface area contributed by atoms with Gasteiger partial charge < -0.3 is 11.1 Å². The Morgan fingerprint density at radius 1 is 1.31 bits per heavy atom. The first-order valence-corrected chi connectivity index (χ1v) is 5.53. The van der Waals surface area contributed by atoms with E-state index in [4.69, 9.17) is 5.73 Å². The molecule has 78 valence electrons. The SMILES string of the molecule is CCCNC1(CN)CCCC1(C)C. The number of nitrogens with one attached hydrogen (secondary N) is 1. The topological polar surface area (TPSA) is 38.0 Å². The number of hydrogen-bond donors (Lipinski definition) is 2. The van der Waals surface area contributed by atoms with Crippen LogP contribution >= 0.6 is 0 Å². The first kappa shape index (κ1) is 11.0. The second kappa shape index (κ2) is 3.97. The third-order valence-electron chi connectivity index (χ3n) is 3.76. The first-order valence-electron chi connectivity index (χ1n) is 5.53. The third kappa shape index (κ3) is 1.89. The van der Waals surface area contributed by atoms with Gasteiger partial charge in [0.15, 0.2) is 0 Å². The molecule has 2 heteroatoms. The standard InChI is InChI=1S/C11H24N2/c1-4-8-13-11(9-12)7-5-6-10(11,2)3/h13H,4-9,12H2,1-3H3. The summed E-state index contributed by atoms with van der Waals surface area (Å²) in [6.45, 7) is 8.77. The highest BCUT2D eigenvalue weighted by molar-refractivity contribution is 5.05. The van der Waals surface area contributed by atoms with E-state index < -0.39 is 0 Å². The number of hydrogen-bond acceptors (Lipinski definition) is 2. The van der Waals surface area contributed by atoms with Gasteiger partial charge in [-0.25, -0.2) is 0 Å². The molecule has 1 aliphatic carbocycles. The maximum atomic E-state index is 5.92. The number of rotatable bonds is 4. The Labute approximate surface area is 82.3 Å². The summed E-state index contributed by atoms with van der Waals surface area (Å²) in [5, 5.41) is 3.66. The fourth-order valence-corrected chi connectivity index (χ4v) is 2.55. The average Bonchev–Trinajstić information content (AvgIpc) is 2.38. The van der Waals surface area contributed by atoms with Crippen molar-refractivity contribution < 1.29 is 0 Å². The Morgan fingerprint density at radius 2 is 2.00 bits per heavy atom. The molecule has 1 saturated carbocycles. The molecule has 13 heavy (non-hydrogen) atoms. The lowest BCUT2D eigenvalue weighted by molar-refractivity contribution is 0.164. The van der Waals surface area contributed by atoms with E-state index in [0.29, 0.717) is 5.41 Å². The van der Waals surface area contributed by atoms with Gasteiger partial charge in [0.25, 0.3) is 0 Å². The van der Waals surface area contributed by atoms with Crippen LogP contribution in [0.25, 0.3) is 0 Å². The van der Waals surface area contributed by atoms with E-state index >= 15 is 0 Å². The van der Waals surface area contributed by atoms with Crippen LogP contribution in [0.5, 0.6) is 0 Å². The molecule has 0 bridgehead atoms. The highest BCUT2D eigenvalue weighted by atomic mass is 15.0. The van der Waals surface area contributed by atoms with Crippen LogP contribution in [0.4, 0.5) is 0 Å². The Balaban J connectivity index is 2.67. The fraction of sp³-hybridized carbons (Fsp3) is 1.00. The first-order chi connectivity index (χ1) is 6.08. The van der Waals surface area contributed by atoms with Crippen LogP contribution in [0.15, 0.2) is 0 Å². The lowest BCUT2D eigenvalue weighted by atomic mass is 9.75. The predicted molar refractivity (Wildman–Crippen MR) is 57.7 cm³/mol. The van der Waals surface area contributed by atoms with E-state index in [1.54, 1.807) is 0 Å². The van der Waals surface area contributed by atoms with E-state index in [1.807, 2.05) is 0 Å². The summed E-state index contributed by atoms with van der Waals surface area (Å²) in [6.07, 6.45) is 5.07. The fourth-order valence-electron chi connectivity index (χ4n) is 2.55. The maximum absolute atomic E-state index is 5.92. The van der Waals surface area contributed by atoms with E-state index in [9.17, 15) is 0 Å². The van der Waals surface area contributed by atoms with Crippen molar-refractivity contribution in [3.05, 3.63) is 0 Å². The molecule has 0 spiro atoms. The Kier molecular flexibility index (Phi) is 3.36. The van der Waals surface area contributed by atoms with Crippen molar-refractivity contribution in [3.8, 4) is 0 Å². The summed E-state index contributed by atoms with van der Waals surface area (Å²) in [7, 11) is 0. The smallest absolute Gasteiger partial charge is 0.0355 e. The molecular weight excluding hydrogens is 160 g/mol. The zero-order valence-electron chi connectivity index (χ0n) is 9.32. The Hall–Kier alpha value is -0.0800. The molecule has 0 aromatic heterocycles. The van der Waals surface area contributed by atoms with Crippen molar-refractivity contribution >= 4 is 0 Å². The van der Waals surface area contributed by atoms with Gasteiger partial charge in [-0.1, -0.05) is 27.2 Å². The monoisotopic (exact) mass is 184 g/mol. The molecule has 1 rings (SSSR count). The zero-order chi connectivity index (χ0) is 9.95. The van der Waals surface area contributed by atoms with Crippen LogP contribution in [0.1, 0.15) is 46.5 Å². The van der Waals surface area contributed by atoms with Crippen LogP contribution in [-0.4, -0.2) is 18.6 Å². The summed E-state index contributed by atoms with van der Waals surface area (Å²) in [5.41, 5.74) is 6.51. The molecule has 1 unspecified atom stereocenters. The summed E-state index contributed by atoms with van der Waals surface area (Å²) >= 11 is 0. The Morgan fingerprint density at radius 3 is 2.38 bits per heavy atom. The summed E-state index contributed by atoms with van der Waals surface area (Å²) in [4.78, 5) is 0. The highest BCUT2D eigenvalue weighted by Gasteiger charge is 2.46. The summed E-state index contributed by atoms with van der Waals surface area (Å²) in [6, 6.07) is 0. The van der Waals surface area contributed by atoms with E-state index in [-0.39, 0.29) is 5.54 Å². The second-order valence-electron chi connectivity index (χ2n) is 4.95. The minimum absolute atomic E-state index is 0.211. The summed E-state index contributed by atoms with van der Waals surface area (Å²) in [5.74, 6) is 0. The molecule has 0 aromatic rings. The Bertz CT molecular complexity index is 165. The van der Waals surface area contributed by atoms with E-state index in [0.717, 1.165) is 13.1 Å². The van der Waals surface area contributed by atoms with Crippen molar-refractivity contribution in [3.63, 3.8) is 0 Å². The van der Waals surface area contributed by atoms with Gasteiger partial charge >= 0.3 is 0 Å². The molecule has 0 saturated heterocycles. The van der Waals surface area contributed by atoms with E-state index in [2.05, 4.69) is 26.1 Å². The van der Waals surface area contributed by atoms with Crippen LogP contribution in [0, 0.1) is 5.41 Å². The molecule has 3 N–H and O–H groups in total. The van der Waals surface area contributed by atoms with Crippen LogP contribution in [0.2, 0.25) is 0 Å². The molecule has 0 heterocycles. The van der Waals surface area contributed by atoms with Crippen molar-refractivity contribution in [2.24, 2.45) is 11.1 Å². The van der Waals surface area contributed by atoms with Crippen LogP contribution < -0.4 is 11.1 Å². The quantitative estimate of drug-likeness (QED) is 0.700. The molecule has 0 aromatic carbocycles. The lowest BCUT2D eigenvalue weighted by Gasteiger charge is -2.41. The molecule has 0 amide bonds. The zero-order valence-corrected chi connectivity index (χ0v) is 9.32. The van der Waals surface area contributed by atoms with Gasteiger partial charge in [0.2, 0.25) is 0 Å². The van der Waals surface area contributed by atoms with Crippen molar-refractivity contribution in [1.29, 1.82) is 0 Å². The lowest BCUT2D eigenvalue weighted by Crippen LogP contribution is -2.57. The minimum atomic E-state index is 0.211. The average molecular weight is 184 g/mol. The van der Waals surface area contributed by atoms with Crippen molar-refractivity contribution in [2.45, 2.75) is 52.0 Å². The highest BCUT2D eigenvalue weighted by Crippen LogP contribution is 2.45.